The molecule has 0 aliphatic heterocycles. The van der Waals surface area contributed by atoms with Crippen LogP contribution in [-0.2, 0) is 4.74 Å². The molecule has 0 spiro atoms. The highest BCUT2D eigenvalue weighted by Gasteiger charge is 2.21. The zero-order valence-corrected chi connectivity index (χ0v) is 17.9. The number of rotatable bonds is 9. The van der Waals surface area contributed by atoms with Crippen LogP contribution >= 0.6 is 0 Å². The zero-order valence-electron chi connectivity index (χ0n) is 17.9. The third kappa shape index (κ3) is 4.95. The number of carbonyl (C=O) groups is 1. The van der Waals surface area contributed by atoms with Gasteiger partial charge in [0, 0.05) is 26.0 Å². The molecule has 1 aromatic carbocycles. The number of benzene rings is 1. The Bertz CT molecular complexity index is 1140. The Morgan fingerprint density at radius 3 is 2.81 bits per heavy atom. The molecule has 2 N–H and O–H groups in total. The molecule has 0 saturated heterocycles. The van der Waals surface area contributed by atoms with Crippen LogP contribution in [0.3, 0.4) is 0 Å². The van der Waals surface area contributed by atoms with E-state index in [9.17, 15) is 9.90 Å². The van der Waals surface area contributed by atoms with E-state index in [2.05, 4.69) is 21.5 Å². The maximum Gasteiger partial charge on any atom is 0.252 e. The topological polar surface area (TPSA) is 113 Å². The summed E-state index contributed by atoms with van der Waals surface area (Å²) in [6.07, 6.45) is 6.32. The molecule has 8 heteroatoms. The molecule has 1 aliphatic rings. The molecule has 2 heterocycles. The molecule has 1 aliphatic carbocycles. The van der Waals surface area contributed by atoms with Crippen molar-refractivity contribution in [3.8, 4) is 28.9 Å². The number of pyridine rings is 1. The second-order valence-corrected chi connectivity index (χ2v) is 7.97. The fourth-order valence-electron chi connectivity index (χ4n) is 3.39. The highest BCUT2D eigenvalue weighted by atomic mass is 16.5. The Hall–Kier alpha value is -3.70. The van der Waals surface area contributed by atoms with Crippen molar-refractivity contribution in [3.63, 3.8) is 0 Å². The second kappa shape index (κ2) is 9.62. The van der Waals surface area contributed by atoms with E-state index in [1.165, 1.54) is 23.7 Å². The first-order valence-electron chi connectivity index (χ1n) is 10.7. The molecule has 8 nitrogen and oxygen atoms in total. The summed E-state index contributed by atoms with van der Waals surface area (Å²) in [6.45, 7) is 3.88. The Labute approximate surface area is 186 Å². The summed E-state index contributed by atoms with van der Waals surface area (Å²) in [5.41, 5.74) is 3.17. The largest absolute Gasteiger partial charge is 0.493 e. The van der Waals surface area contributed by atoms with Gasteiger partial charge in [0.05, 0.1) is 29.0 Å². The third-order valence-electron chi connectivity index (χ3n) is 5.42. The number of hydrogen-bond acceptors (Lipinski definition) is 6. The highest BCUT2D eigenvalue weighted by Crippen LogP contribution is 2.33. The summed E-state index contributed by atoms with van der Waals surface area (Å²) in [7, 11) is 0. The first kappa shape index (κ1) is 21.5. The highest BCUT2D eigenvalue weighted by molar-refractivity contribution is 5.93. The quantitative estimate of drug-likeness (QED) is 0.502. The van der Waals surface area contributed by atoms with E-state index in [1.807, 2.05) is 6.92 Å². The molecule has 0 unspecified atom stereocenters. The van der Waals surface area contributed by atoms with Crippen molar-refractivity contribution < 1.29 is 14.6 Å². The molecule has 0 radical (unpaired) electrons. The first-order chi connectivity index (χ1) is 15.6. The molecule has 2 aromatic heterocycles. The van der Waals surface area contributed by atoms with Gasteiger partial charge in [0.15, 0.2) is 5.82 Å². The van der Waals surface area contributed by atoms with Crippen LogP contribution in [-0.4, -0.2) is 45.5 Å². The Kier molecular flexibility index (Phi) is 6.47. The van der Waals surface area contributed by atoms with Gasteiger partial charge in [0.25, 0.3) is 5.91 Å². The van der Waals surface area contributed by atoms with Crippen LogP contribution in [0.15, 0.2) is 42.7 Å². The van der Waals surface area contributed by atoms with Crippen molar-refractivity contribution in [2.24, 2.45) is 5.92 Å². The molecule has 164 valence electrons. The fourth-order valence-corrected chi connectivity index (χ4v) is 3.39. The SMILES string of the molecule is Cc1cc(C#N)ccc1-c1cnn(-c2ccc(C(=O)NCCCOCC3CC3)cn2)c1O. The zero-order chi connectivity index (χ0) is 22.5. The minimum absolute atomic E-state index is 0.0614. The van der Waals surface area contributed by atoms with Gasteiger partial charge >= 0.3 is 0 Å². The Morgan fingerprint density at radius 1 is 1.28 bits per heavy atom. The lowest BCUT2D eigenvalue weighted by Gasteiger charge is -2.08. The molecule has 3 aromatic rings. The van der Waals surface area contributed by atoms with Gasteiger partial charge in [0.2, 0.25) is 5.88 Å². The van der Waals surface area contributed by atoms with E-state index in [0.29, 0.717) is 35.7 Å². The summed E-state index contributed by atoms with van der Waals surface area (Å²) in [5, 5.41) is 26.8. The number of nitriles is 1. The van der Waals surface area contributed by atoms with Crippen LogP contribution in [0.2, 0.25) is 0 Å². The lowest BCUT2D eigenvalue weighted by Crippen LogP contribution is -2.25. The van der Waals surface area contributed by atoms with Crippen molar-refractivity contribution >= 4 is 5.91 Å². The number of aryl methyl sites for hydroxylation is 1. The number of carbonyl (C=O) groups excluding carboxylic acids is 1. The third-order valence-corrected chi connectivity index (χ3v) is 5.42. The van der Waals surface area contributed by atoms with E-state index >= 15 is 0 Å². The van der Waals surface area contributed by atoms with Crippen molar-refractivity contribution in [1.82, 2.24) is 20.1 Å². The summed E-state index contributed by atoms with van der Waals surface area (Å²) >= 11 is 0. The van der Waals surface area contributed by atoms with Crippen LogP contribution in [0.5, 0.6) is 5.88 Å². The van der Waals surface area contributed by atoms with Gasteiger partial charge in [-0.25, -0.2) is 4.98 Å². The van der Waals surface area contributed by atoms with Gasteiger partial charge in [-0.1, -0.05) is 6.07 Å². The Morgan fingerprint density at radius 2 is 2.12 bits per heavy atom. The summed E-state index contributed by atoms with van der Waals surface area (Å²) in [6, 6.07) is 10.6. The van der Waals surface area contributed by atoms with E-state index in [-0.39, 0.29) is 11.8 Å². The normalized spacial score (nSPS) is 13.0. The van der Waals surface area contributed by atoms with Gasteiger partial charge in [-0.05, 0) is 67.5 Å². The van der Waals surface area contributed by atoms with E-state index in [4.69, 9.17) is 10.00 Å². The van der Waals surface area contributed by atoms with E-state index < -0.39 is 0 Å². The maximum absolute atomic E-state index is 12.3. The minimum Gasteiger partial charge on any atom is -0.493 e. The number of hydrogen-bond donors (Lipinski definition) is 2. The van der Waals surface area contributed by atoms with Gasteiger partial charge in [-0.2, -0.15) is 15.0 Å². The number of nitrogens with one attached hydrogen (secondary N) is 1. The van der Waals surface area contributed by atoms with E-state index in [0.717, 1.165) is 30.1 Å². The van der Waals surface area contributed by atoms with E-state index in [1.54, 1.807) is 36.5 Å². The summed E-state index contributed by atoms with van der Waals surface area (Å²) < 4.78 is 6.87. The van der Waals surface area contributed by atoms with Crippen LogP contribution < -0.4 is 5.32 Å². The lowest BCUT2D eigenvalue weighted by atomic mass is 10.0. The van der Waals surface area contributed by atoms with Crippen molar-refractivity contribution in [3.05, 3.63) is 59.4 Å². The molecule has 1 fully saturated rings. The predicted octanol–water partition coefficient (Wildman–Crippen LogP) is 3.37. The van der Waals surface area contributed by atoms with Crippen LogP contribution in [0.1, 0.15) is 40.7 Å². The van der Waals surface area contributed by atoms with Gasteiger partial charge in [-0.3, -0.25) is 4.79 Å². The maximum atomic E-state index is 12.3. The van der Waals surface area contributed by atoms with Crippen LogP contribution in [0, 0.1) is 24.2 Å². The number of amides is 1. The van der Waals surface area contributed by atoms with Gasteiger partial charge in [-0.15, -0.1) is 0 Å². The lowest BCUT2D eigenvalue weighted by molar-refractivity contribution is 0.0937. The van der Waals surface area contributed by atoms with Crippen molar-refractivity contribution in [1.29, 1.82) is 5.26 Å². The van der Waals surface area contributed by atoms with Crippen LogP contribution in [0.25, 0.3) is 16.9 Å². The number of ether oxygens (including phenoxy) is 1. The molecule has 1 amide bonds. The summed E-state index contributed by atoms with van der Waals surface area (Å²) in [5.74, 6) is 0.872. The monoisotopic (exact) mass is 431 g/mol. The van der Waals surface area contributed by atoms with Gasteiger partial charge in [0.1, 0.15) is 0 Å². The molecule has 4 rings (SSSR count). The Balaban J connectivity index is 1.37. The smallest absolute Gasteiger partial charge is 0.252 e. The first-order valence-corrected chi connectivity index (χ1v) is 10.7. The standard InChI is InChI=1S/C24H25N5O3/c1-16-11-18(12-25)5-7-20(16)21-14-28-29(24(21)31)22-8-6-19(13-27-22)23(30)26-9-2-10-32-15-17-3-4-17/h5-8,11,13-14,17,31H,2-4,9-10,15H2,1H3,(H,26,30). The van der Waals surface area contributed by atoms with Gasteiger partial charge < -0.3 is 15.2 Å². The second-order valence-electron chi connectivity index (χ2n) is 7.97. The molecular formula is C24H25N5O3. The minimum atomic E-state index is -0.204. The molecular weight excluding hydrogens is 406 g/mol. The van der Waals surface area contributed by atoms with Crippen molar-refractivity contribution in [2.75, 3.05) is 19.8 Å². The predicted molar refractivity (Wildman–Crippen MR) is 118 cm³/mol. The number of aromatic hydroxyl groups is 1. The number of nitrogens with zero attached hydrogens (tertiary/aromatic N) is 4. The fraction of sp³-hybridized carbons (Fsp3) is 0.333. The molecule has 32 heavy (non-hydrogen) atoms. The molecule has 0 atom stereocenters. The molecule has 0 bridgehead atoms. The molecule has 1 saturated carbocycles. The average Bonchev–Trinajstić information content (AvgIpc) is 3.56. The summed E-state index contributed by atoms with van der Waals surface area (Å²) in [4.78, 5) is 16.6. The average molecular weight is 431 g/mol. The number of aromatic nitrogens is 3. The van der Waals surface area contributed by atoms with Crippen LogP contribution in [0.4, 0.5) is 0 Å². The van der Waals surface area contributed by atoms with Crippen molar-refractivity contribution in [2.45, 2.75) is 26.2 Å².